The van der Waals surface area contributed by atoms with Crippen LogP contribution in [-0.4, -0.2) is 70.7 Å². The number of ether oxygens (including phenoxy) is 2. The van der Waals surface area contributed by atoms with E-state index < -0.39 is 13.9 Å². The minimum atomic E-state index is -4.53. The van der Waals surface area contributed by atoms with Crippen LogP contribution in [0.5, 0.6) is 0 Å². The quantitative estimate of drug-likeness (QED) is 0.0199. The van der Waals surface area contributed by atoms with Gasteiger partial charge in [-0.1, -0.05) is 177 Å². The summed E-state index contributed by atoms with van der Waals surface area (Å²) in [6.07, 6.45) is 53.5. The van der Waals surface area contributed by atoms with E-state index in [1.807, 2.05) is 21.1 Å². The molecule has 0 aliphatic rings. The number of carbonyl (C=O) groups excluding carboxylic acids is 1. The number of quaternary nitrogens is 1. The van der Waals surface area contributed by atoms with E-state index in [4.69, 9.17) is 18.5 Å². The first kappa shape index (κ1) is 55.9. The number of phosphoric acid groups is 1. The second-order valence-corrected chi connectivity index (χ2v) is 17.8. The molecule has 0 saturated heterocycles. The molecule has 0 aromatic carbocycles. The molecule has 0 aliphatic heterocycles. The zero-order valence-electron chi connectivity index (χ0n) is 38.0. The van der Waals surface area contributed by atoms with Crippen LogP contribution < -0.4 is 4.89 Å². The van der Waals surface area contributed by atoms with Crippen LogP contribution in [0, 0.1) is 0 Å². The van der Waals surface area contributed by atoms with E-state index in [0.29, 0.717) is 24.1 Å². The van der Waals surface area contributed by atoms with Gasteiger partial charge >= 0.3 is 5.97 Å². The Morgan fingerprint density at radius 1 is 0.552 bits per heavy atom. The largest absolute Gasteiger partial charge is 0.756 e. The van der Waals surface area contributed by atoms with Crippen molar-refractivity contribution in [3.8, 4) is 0 Å². The summed E-state index contributed by atoms with van der Waals surface area (Å²) in [5.74, 6) is -0.345. The molecule has 0 saturated carbocycles. The van der Waals surface area contributed by atoms with E-state index in [9.17, 15) is 14.3 Å². The van der Waals surface area contributed by atoms with Crippen LogP contribution in [0.1, 0.15) is 174 Å². The van der Waals surface area contributed by atoms with Crippen molar-refractivity contribution in [3.05, 3.63) is 72.9 Å². The number of nitrogens with zero attached hydrogens (tertiary/aromatic N) is 1. The van der Waals surface area contributed by atoms with Crippen LogP contribution in [0.3, 0.4) is 0 Å². The second kappa shape index (κ2) is 41.7. The van der Waals surface area contributed by atoms with Crippen molar-refractivity contribution >= 4 is 13.8 Å². The fraction of sp³-hybridized carbons (Fsp3) is 0.735. The zero-order chi connectivity index (χ0) is 42.7. The Bertz CT molecular complexity index is 1150. The van der Waals surface area contributed by atoms with Gasteiger partial charge < -0.3 is 27.9 Å². The third kappa shape index (κ3) is 45.0. The molecule has 9 heteroatoms. The van der Waals surface area contributed by atoms with Crippen molar-refractivity contribution in [2.75, 3.05) is 54.1 Å². The molecule has 0 amide bonds. The lowest BCUT2D eigenvalue weighted by Gasteiger charge is -2.28. The van der Waals surface area contributed by atoms with Gasteiger partial charge in [-0.05, 0) is 64.2 Å². The number of hydrogen-bond donors (Lipinski definition) is 0. The number of allylic oxidation sites excluding steroid dienone is 12. The van der Waals surface area contributed by atoms with Crippen molar-refractivity contribution < 1.29 is 37.3 Å². The summed E-state index contributed by atoms with van der Waals surface area (Å²) in [7, 11) is 1.33. The van der Waals surface area contributed by atoms with E-state index in [0.717, 1.165) is 83.5 Å². The van der Waals surface area contributed by atoms with Crippen LogP contribution >= 0.6 is 7.82 Å². The predicted molar refractivity (Wildman–Crippen MR) is 245 cm³/mol. The number of hydrogen-bond acceptors (Lipinski definition) is 7. The lowest BCUT2D eigenvalue weighted by atomic mass is 10.0. The highest BCUT2D eigenvalue weighted by Crippen LogP contribution is 2.38. The normalized spacial score (nSPS) is 14.4. The molecule has 0 aromatic rings. The summed E-state index contributed by atoms with van der Waals surface area (Å²) in [6, 6.07) is 0. The van der Waals surface area contributed by atoms with Gasteiger partial charge in [-0.25, -0.2) is 0 Å². The van der Waals surface area contributed by atoms with Crippen LogP contribution in [-0.2, 0) is 27.9 Å². The van der Waals surface area contributed by atoms with Crippen LogP contribution in [0.25, 0.3) is 0 Å². The van der Waals surface area contributed by atoms with E-state index in [2.05, 4.69) is 86.8 Å². The summed E-state index contributed by atoms with van der Waals surface area (Å²) in [5.41, 5.74) is 0. The second-order valence-electron chi connectivity index (χ2n) is 16.4. The molecule has 0 aliphatic carbocycles. The van der Waals surface area contributed by atoms with Gasteiger partial charge in [0, 0.05) is 13.0 Å². The molecular weight excluding hydrogens is 746 g/mol. The average Bonchev–Trinajstić information content (AvgIpc) is 3.18. The SMILES string of the molecule is CC/C=C\C/C=C\C/C=C\C/C=C\C/C=C\C/C=C\CCCCCCCOCC(COP(=O)([O-])OCC[N+](C)(C)C)OC(=O)CCCCCCCCCCCCCC. The highest BCUT2D eigenvalue weighted by molar-refractivity contribution is 7.45. The minimum absolute atomic E-state index is 0.0194. The molecule has 2 unspecified atom stereocenters. The number of unbranched alkanes of at least 4 members (excludes halogenated alkanes) is 16. The third-order valence-electron chi connectivity index (χ3n) is 9.52. The molecule has 8 nitrogen and oxygen atoms in total. The Balaban J connectivity index is 4.22. The first-order valence-corrected chi connectivity index (χ1v) is 24.6. The summed E-state index contributed by atoms with van der Waals surface area (Å²) >= 11 is 0. The Morgan fingerprint density at radius 3 is 1.50 bits per heavy atom. The molecule has 0 bridgehead atoms. The van der Waals surface area contributed by atoms with Gasteiger partial charge in [0.25, 0.3) is 7.82 Å². The number of rotatable bonds is 42. The third-order valence-corrected chi connectivity index (χ3v) is 10.5. The summed E-state index contributed by atoms with van der Waals surface area (Å²) in [4.78, 5) is 25.0. The molecule has 58 heavy (non-hydrogen) atoms. The molecule has 0 heterocycles. The standard InChI is InChI=1S/C49H88NO7P/c1-6-8-10-12-14-16-18-20-21-22-23-24-25-26-27-28-29-30-31-33-35-37-39-41-44-54-46-48(47-56-58(52,53)55-45-43-50(3,4)5)57-49(51)42-40-38-36-34-32-19-17-15-13-11-9-7-2/h8,10,14,16,20-21,23-24,26-27,29-30,48H,6-7,9,11-13,15,17-19,22,25,28,31-47H2,1-5H3/b10-8-,16-14-,21-20-,24-23-,27-26-,30-29-. The highest BCUT2D eigenvalue weighted by Gasteiger charge is 2.20. The fourth-order valence-electron chi connectivity index (χ4n) is 5.96. The molecule has 336 valence electrons. The monoisotopic (exact) mass is 834 g/mol. The van der Waals surface area contributed by atoms with Gasteiger partial charge in [-0.2, -0.15) is 0 Å². The van der Waals surface area contributed by atoms with E-state index in [1.165, 1.54) is 70.6 Å². The number of esters is 1. The van der Waals surface area contributed by atoms with Crippen molar-refractivity contribution in [2.45, 2.75) is 180 Å². The van der Waals surface area contributed by atoms with Crippen LogP contribution in [0.2, 0.25) is 0 Å². The van der Waals surface area contributed by atoms with Gasteiger partial charge in [0.05, 0.1) is 34.4 Å². The number of phosphoric ester groups is 1. The van der Waals surface area contributed by atoms with E-state index >= 15 is 0 Å². The van der Waals surface area contributed by atoms with E-state index in [1.54, 1.807) is 0 Å². The first-order chi connectivity index (χ1) is 28.1. The summed E-state index contributed by atoms with van der Waals surface area (Å²) in [6.45, 7) is 5.24. The molecule has 0 radical (unpaired) electrons. The van der Waals surface area contributed by atoms with Gasteiger partial charge in [0.1, 0.15) is 19.3 Å². The molecule has 0 aromatic heterocycles. The van der Waals surface area contributed by atoms with Crippen LogP contribution in [0.15, 0.2) is 72.9 Å². The molecule has 0 spiro atoms. The van der Waals surface area contributed by atoms with Crippen molar-refractivity contribution in [1.29, 1.82) is 0 Å². The summed E-state index contributed by atoms with van der Waals surface area (Å²) in [5, 5.41) is 0. The number of carbonyl (C=O) groups is 1. The molecule has 0 fully saturated rings. The number of likely N-dealkylation sites (N-methyl/N-ethyl adjacent to an activating group) is 1. The van der Waals surface area contributed by atoms with Crippen LogP contribution in [0.4, 0.5) is 0 Å². The maximum absolute atomic E-state index is 12.7. The van der Waals surface area contributed by atoms with Gasteiger partial charge in [0.2, 0.25) is 0 Å². The molecular formula is C49H88NO7P. The highest BCUT2D eigenvalue weighted by atomic mass is 31.2. The van der Waals surface area contributed by atoms with Crippen molar-refractivity contribution in [3.63, 3.8) is 0 Å². The van der Waals surface area contributed by atoms with Gasteiger partial charge in [-0.3, -0.25) is 9.36 Å². The lowest BCUT2D eigenvalue weighted by Crippen LogP contribution is -2.37. The first-order valence-electron chi connectivity index (χ1n) is 23.2. The molecule has 0 rings (SSSR count). The maximum Gasteiger partial charge on any atom is 0.306 e. The molecule has 0 N–H and O–H groups in total. The zero-order valence-corrected chi connectivity index (χ0v) is 38.9. The van der Waals surface area contributed by atoms with Crippen molar-refractivity contribution in [1.82, 2.24) is 0 Å². The topological polar surface area (TPSA) is 94.1 Å². The average molecular weight is 834 g/mol. The fourth-order valence-corrected chi connectivity index (χ4v) is 6.69. The Morgan fingerprint density at radius 2 is 1.00 bits per heavy atom. The van der Waals surface area contributed by atoms with E-state index in [-0.39, 0.29) is 25.8 Å². The van der Waals surface area contributed by atoms with Gasteiger partial charge in [-0.15, -0.1) is 0 Å². The lowest BCUT2D eigenvalue weighted by molar-refractivity contribution is -0.870. The molecule has 2 atom stereocenters. The Hall–Kier alpha value is -2.06. The minimum Gasteiger partial charge on any atom is -0.756 e. The maximum atomic E-state index is 12.7. The Kier molecular flexibility index (Phi) is 40.2. The van der Waals surface area contributed by atoms with Gasteiger partial charge in [0.15, 0.2) is 0 Å². The van der Waals surface area contributed by atoms with Crippen molar-refractivity contribution in [2.24, 2.45) is 0 Å². The smallest absolute Gasteiger partial charge is 0.306 e. The predicted octanol–water partition coefficient (Wildman–Crippen LogP) is 13.3. The summed E-state index contributed by atoms with van der Waals surface area (Å²) < 4.78 is 34.6. The Labute approximate surface area is 357 Å².